The molecule has 0 aromatic heterocycles. The van der Waals surface area contributed by atoms with Gasteiger partial charge in [-0.3, -0.25) is 9.59 Å². The molecule has 2 aromatic carbocycles. The third-order valence-electron chi connectivity index (χ3n) is 2.80. The average Bonchev–Trinajstić information content (AvgIpc) is 2.46. The smallest absolute Gasteiger partial charge is 0.255 e. The van der Waals surface area contributed by atoms with Crippen LogP contribution in [0.3, 0.4) is 0 Å². The molecule has 0 saturated heterocycles. The molecular weight excluding hydrogens is 306 g/mol. The predicted molar refractivity (Wildman–Crippen MR) is 81.3 cm³/mol. The summed E-state index contributed by atoms with van der Waals surface area (Å²) in [5, 5.41) is 5.08. The van der Waals surface area contributed by atoms with Gasteiger partial charge < -0.3 is 15.4 Å². The van der Waals surface area contributed by atoms with Crippen LogP contribution in [0.1, 0.15) is 10.4 Å². The van der Waals surface area contributed by atoms with Crippen molar-refractivity contribution >= 4 is 23.2 Å². The van der Waals surface area contributed by atoms with Crippen molar-refractivity contribution in [3.8, 4) is 0 Å². The number of halogens is 2. The van der Waals surface area contributed by atoms with Crippen LogP contribution in [0.25, 0.3) is 0 Å². The quantitative estimate of drug-likeness (QED) is 0.890. The number of anilines is 2. The van der Waals surface area contributed by atoms with E-state index in [0.29, 0.717) is 17.4 Å². The van der Waals surface area contributed by atoms with Crippen molar-refractivity contribution in [1.82, 2.24) is 0 Å². The van der Waals surface area contributed by atoms with Crippen LogP contribution in [0.4, 0.5) is 20.2 Å². The van der Waals surface area contributed by atoms with Crippen LogP contribution in [0.5, 0.6) is 0 Å². The van der Waals surface area contributed by atoms with Crippen LogP contribution in [0.2, 0.25) is 0 Å². The average molecular weight is 320 g/mol. The number of nitrogens with one attached hydrogen (secondary N) is 2. The van der Waals surface area contributed by atoms with E-state index in [1.165, 1.54) is 13.2 Å². The summed E-state index contributed by atoms with van der Waals surface area (Å²) >= 11 is 0. The molecule has 0 heterocycles. The second kappa shape index (κ2) is 7.46. The molecule has 23 heavy (non-hydrogen) atoms. The molecule has 0 spiro atoms. The molecule has 5 nitrogen and oxygen atoms in total. The number of ether oxygens (including phenoxy) is 1. The van der Waals surface area contributed by atoms with Crippen molar-refractivity contribution in [2.75, 3.05) is 24.4 Å². The molecule has 0 atom stereocenters. The van der Waals surface area contributed by atoms with Gasteiger partial charge in [0, 0.05) is 30.1 Å². The SMILES string of the molecule is COCC(=O)Nc1cccc(NC(=O)c2cc(F)cc(F)c2)c1. The van der Waals surface area contributed by atoms with Crippen LogP contribution < -0.4 is 10.6 Å². The van der Waals surface area contributed by atoms with E-state index in [2.05, 4.69) is 10.6 Å². The molecule has 2 amide bonds. The van der Waals surface area contributed by atoms with Crippen LogP contribution in [0, 0.1) is 11.6 Å². The van der Waals surface area contributed by atoms with Gasteiger partial charge >= 0.3 is 0 Å². The lowest BCUT2D eigenvalue weighted by Crippen LogP contribution is -2.17. The summed E-state index contributed by atoms with van der Waals surface area (Å²) in [5.41, 5.74) is 0.682. The Hall–Kier alpha value is -2.80. The van der Waals surface area contributed by atoms with Crippen LogP contribution in [-0.2, 0) is 9.53 Å². The van der Waals surface area contributed by atoms with Crippen molar-refractivity contribution in [2.24, 2.45) is 0 Å². The Morgan fingerprint density at radius 3 is 2.22 bits per heavy atom. The highest BCUT2D eigenvalue weighted by atomic mass is 19.1. The molecule has 7 heteroatoms. The highest BCUT2D eigenvalue weighted by Crippen LogP contribution is 2.17. The maximum Gasteiger partial charge on any atom is 0.255 e. The van der Waals surface area contributed by atoms with Crippen molar-refractivity contribution in [2.45, 2.75) is 0 Å². The zero-order chi connectivity index (χ0) is 16.8. The molecule has 2 rings (SSSR count). The number of carbonyl (C=O) groups excluding carboxylic acids is 2. The summed E-state index contributed by atoms with van der Waals surface area (Å²) in [6.45, 7) is -0.0981. The van der Waals surface area contributed by atoms with Gasteiger partial charge in [-0.25, -0.2) is 8.78 Å². The van der Waals surface area contributed by atoms with E-state index in [0.717, 1.165) is 12.1 Å². The third-order valence-corrected chi connectivity index (χ3v) is 2.80. The van der Waals surface area contributed by atoms with Gasteiger partial charge in [-0.15, -0.1) is 0 Å². The molecule has 0 aliphatic rings. The molecule has 2 aromatic rings. The minimum absolute atomic E-state index is 0.0981. The Morgan fingerprint density at radius 2 is 1.61 bits per heavy atom. The molecule has 0 fully saturated rings. The number of rotatable bonds is 5. The van der Waals surface area contributed by atoms with Gasteiger partial charge in [0.15, 0.2) is 0 Å². The molecule has 0 aliphatic heterocycles. The molecular formula is C16H14F2N2O3. The van der Waals surface area contributed by atoms with Gasteiger partial charge in [0.1, 0.15) is 18.2 Å². The second-order valence-corrected chi connectivity index (χ2v) is 4.67. The molecule has 0 bridgehead atoms. The first kappa shape index (κ1) is 16.6. The minimum Gasteiger partial charge on any atom is -0.375 e. The minimum atomic E-state index is -0.837. The summed E-state index contributed by atoms with van der Waals surface area (Å²) in [7, 11) is 1.40. The first-order valence-corrected chi connectivity index (χ1v) is 6.64. The normalized spacial score (nSPS) is 10.2. The lowest BCUT2D eigenvalue weighted by atomic mass is 10.2. The van der Waals surface area contributed by atoms with E-state index in [9.17, 15) is 18.4 Å². The molecule has 2 N–H and O–H groups in total. The Kier molecular flexibility index (Phi) is 5.37. The van der Waals surface area contributed by atoms with Crippen molar-refractivity contribution in [1.29, 1.82) is 0 Å². The van der Waals surface area contributed by atoms with Crippen molar-refractivity contribution in [3.05, 3.63) is 59.7 Å². The van der Waals surface area contributed by atoms with Crippen LogP contribution in [0.15, 0.2) is 42.5 Å². The largest absolute Gasteiger partial charge is 0.375 e. The fourth-order valence-electron chi connectivity index (χ4n) is 1.89. The van der Waals surface area contributed by atoms with Gasteiger partial charge in [0.25, 0.3) is 5.91 Å². The van der Waals surface area contributed by atoms with Gasteiger partial charge in [0.2, 0.25) is 5.91 Å². The van der Waals surface area contributed by atoms with Crippen molar-refractivity contribution in [3.63, 3.8) is 0 Å². The maximum absolute atomic E-state index is 13.1. The second-order valence-electron chi connectivity index (χ2n) is 4.67. The van der Waals surface area contributed by atoms with E-state index < -0.39 is 17.5 Å². The molecule has 0 saturated carbocycles. The van der Waals surface area contributed by atoms with Gasteiger partial charge in [-0.1, -0.05) is 6.07 Å². The summed E-state index contributed by atoms with van der Waals surface area (Å²) in [4.78, 5) is 23.4. The highest BCUT2D eigenvalue weighted by molar-refractivity contribution is 6.04. The Labute approximate surface area is 131 Å². The van der Waals surface area contributed by atoms with Crippen LogP contribution in [-0.4, -0.2) is 25.5 Å². The summed E-state index contributed by atoms with van der Waals surface area (Å²) < 4.78 is 31.0. The van der Waals surface area contributed by atoms with E-state index >= 15 is 0 Å². The Morgan fingerprint density at radius 1 is 1.00 bits per heavy atom. The van der Waals surface area contributed by atoms with E-state index in [-0.39, 0.29) is 18.1 Å². The topological polar surface area (TPSA) is 67.4 Å². The number of carbonyl (C=O) groups is 2. The monoisotopic (exact) mass is 320 g/mol. The lowest BCUT2D eigenvalue weighted by molar-refractivity contribution is -0.119. The number of benzene rings is 2. The van der Waals surface area contributed by atoms with Gasteiger partial charge in [-0.05, 0) is 30.3 Å². The first-order valence-electron chi connectivity index (χ1n) is 6.64. The standard InChI is InChI=1S/C16H14F2N2O3/c1-23-9-15(21)19-13-3-2-4-14(8-13)20-16(22)10-5-11(17)7-12(18)6-10/h2-8H,9H2,1H3,(H,19,21)(H,20,22). The molecule has 0 aliphatic carbocycles. The number of methoxy groups -OCH3 is 1. The van der Waals surface area contributed by atoms with Gasteiger partial charge in [0.05, 0.1) is 0 Å². The highest BCUT2D eigenvalue weighted by Gasteiger charge is 2.10. The molecule has 0 unspecified atom stereocenters. The Bertz CT molecular complexity index is 715. The van der Waals surface area contributed by atoms with Crippen molar-refractivity contribution < 1.29 is 23.1 Å². The first-order chi connectivity index (χ1) is 11.0. The van der Waals surface area contributed by atoms with E-state index in [1.54, 1.807) is 18.2 Å². The fourth-order valence-corrected chi connectivity index (χ4v) is 1.89. The molecule has 0 radical (unpaired) electrons. The zero-order valence-corrected chi connectivity index (χ0v) is 12.2. The maximum atomic E-state index is 13.1. The van der Waals surface area contributed by atoms with E-state index in [4.69, 9.17) is 4.74 Å². The number of hydrogen-bond acceptors (Lipinski definition) is 3. The predicted octanol–water partition coefficient (Wildman–Crippen LogP) is 2.80. The Balaban J connectivity index is 2.10. The van der Waals surface area contributed by atoms with Crippen LogP contribution >= 0.6 is 0 Å². The summed E-state index contributed by atoms with van der Waals surface area (Å²) in [6, 6.07) is 8.89. The summed E-state index contributed by atoms with van der Waals surface area (Å²) in [6.07, 6.45) is 0. The zero-order valence-electron chi connectivity index (χ0n) is 12.2. The number of amides is 2. The number of hydrogen-bond donors (Lipinski definition) is 2. The fraction of sp³-hybridized carbons (Fsp3) is 0.125. The summed E-state index contributed by atoms with van der Waals surface area (Å²) in [5.74, 6) is -2.68. The molecule has 120 valence electrons. The van der Waals surface area contributed by atoms with E-state index in [1.807, 2.05) is 0 Å². The van der Waals surface area contributed by atoms with Gasteiger partial charge in [-0.2, -0.15) is 0 Å². The third kappa shape index (κ3) is 4.86. The lowest BCUT2D eigenvalue weighted by Gasteiger charge is -2.09.